The van der Waals surface area contributed by atoms with Crippen molar-refractivity contribution < 1.29 is 0 Å². The van der Waals surface area contributed by atoms with E-state index in [4.69, 9.17) is 11.7 Å². The Bertz CT molecular complexity index is 933. The van der Waals surface area contributed by atoms with Crippen molar-refractivity contribution in [3.8, 4) is 0 Å². The molecule has 0 fully saturated rings. The second-order valence-electron chi connectivity index (χ2n) is 6.87. The SMILES string of the molecule is [S-]SC(CP(c1ccccc1)c1ccccc1)P(c1ccccc1)c1ccccc1. The van der Waals surface area contributed by atoms with Crippen LogP contribution in [0.4, 0.5) is 0 Å². The van der Waals surface area contributed by atoms with E-state index in [-0.39, 0.29) is 0 Å². The van der Waals surface area contributed by atoms with Crippen LogP contribution < -0.4 is 21.2 Å². The minimum absolute atomic E-state index is 0.367. The zero-order chi connectivity index (χ0) is 20.6. The van der Waals surface area contributed by atoms with Gasteiger partial charge in [-0.2, -0.15) is 0 Å². The highest BCUT2D eigenvalue weighted by atomic mass is 33.1. The van der Waals surface area contributed by atoms with Gasteiger partial charge in [0.1, 0.15) is 0 Å². The molecule has 0 saturated carbocycles. The van der Waals surface area contributed by atoms with E-state index in [9.17, 15) is 0 Å². The van der Waals surface area contributed by atoms with Crippen LogP contribution in [0.25, 0.3) is 0 Å². The van der Waals surface area contributed by atoms with Crippen molar-refractivity contribution in [1.82, 2.24) is 0 Å². The number of benzene rings is 4. The van der Waals surface area contributed by atoms with Gasteiger partial charge in [0.15, 0.2) is 0 Å². The highest BCUT2D eigenvalue weighted by Crippen LogP contribution is 2.50. The van der Waals surface area contributed by atoms with Crippen molar-refractivity contribution >= 4 is 59.5 Å². The van der Waals surface area contributed by atoms with E-state index in [1.165, 1.54) is 21.2 Å². The van der Waals surface area contributed by atoms with Crippen molar-refractivity contribution in [2.75, 3.05) is 6.16 Å². The van der Waals surface area contributed by atoms with Gasteiger partial charge in [-0.25, -0.2) is 0 Å². The predicted octanol–water partition coefficient (Wildman–Crippen LogP) is 5.77. The Morgan fingerprint density at radius 1 is 0.533 bits per heavy atom. The highest BCUT2D eigenvalue weighted by Gasteiger charge is 2.26. The lowest BCUT2D eigenvalue weighted by Crippen LogP contribution is -2.25. The van der Waals surface area contributed by atoms with Gasteiger partial charge in [-0.05, 0) is 43.2 Å². The molecule has 0 aliphatic heterocycles. The molecule has 4 heteroatoms. The van der Waals surface area contributed by atoms with E-state index in [1.807, 2.05) is 0 Å². The maximum Gasteiger partial charge on any atom is 0.0140 e. The second kappa shape index (κ2) is 11.2. The molecule has 0 N–H and O–H groups in total. The molecule has 0 heterocycles. The highest BCUT2D eigenvalue weighted by molar-refractivity contribution is 8.61. The summed E-state index contributed by atoms with van der Waals surface area (Å²) in [5.74, 6) is 0. The van der Waals surface area contributed by atoms with Gasteiger partial charge in [-0.15, -0.1) is 0 Å². The van der Waals surface area contributed by atoms with Gasteiger partial charge in [-0.1, -0.05) is 121 Å². The van der Waals surface area contributed by atoms with E-state index >= 15 is 0 Å². The van der Waals surface area contributed by atoms with E-state index in [2.05, 4.69) is 121 Å². The third-order valence-electron chi connectivity index (χ3n) is 4.94. The second-order valence-corrected chi connectivity index (χ2v) is 13.2. The molecule has 0 radical (unpaired) electrons. The molecule has 30 heavy (non-hydrogen) atoms. The summed E-state index contributed by atoms with van der Waals surface area (Å²) >= 11 is 5.71. The van der Waals surface area contributed by atoms with Gasteiger partial charge in [0.05, 0.1) is 0 Å². The van der Waals surface area contributed by atoms with Crippen molar-refractivity contribution in [2.24, 2.45) is 0 Å². The molecular weight excluding hydrogens is 438 g/mol. The zero-order valence-corrected chi connectivity index (χ0v) is 20.0. The molecule has 0 nitrogen and oxygen atoms in total. The molecule has 0 saturated heterocycles. The monoisotopic (exact) mass is 461 g/mol. The Kier molecular flexibility index (Phi) is 8.07. The van der Waals surface area contributed by atoms with E-state index in [0.29, 0.717) is 4.99 Å². The summed E-state index contributed by atoms with van der Waals surface area (Å²) in [6.45, 7) is 0. The first-order valence-electron chi connectivity index (χ1n) is 9.92. The van der Waals surface area contributed by atoms with E-state index in [1.54, 1.807) is 10.8 Å². The van der Waals surface area contributed by atoms with Crippen molar-refractivity contribution in [1.29, 1.82) is 0 Å². The maximum absolute atomic E-state index is 5.71. The quantitative estimate of drug-likeness (QED) is 0.186. The van der Waals surface area contributed by atoms with Gasteiger partial charge in [-0.3, -0.25) is 0 Å². The van der Waals surface area contributed by atoms with E-state index in [0.717, 1.165) is 6.16 Å². The Hall–Kier alpha value is -1.56. The Morgan fingerprint density at radius 2 is 0.867 bits per heavy atom. The summed E-state index contributed by atoms with van der Waals surface area (Å²) in [7, 11) is 0.580. The van der Waals surface area contributed by atoms with Crippen LogP contribution >= 0.6 is 26.6 Å². The molecule has 4 aromatic carbocycles. The lowest BCUT2D eigenvalue weighted by atomic mass is 10.4. The summed E-state index contributed by atoms with van der Waals surface area (Å²) < 4.78 is 0. The molecule has 1 atom stereocenters. The van der Waals surface area contributed by atoms with Gasteiger partial charge in [0.2, 0.25) is 0 Å². The van der Waals surface area contributed by atoms with Crippen LogP contribution in [-0.4, -0.2) is 11.2 Å². The molecule has 4 rings (SSSR count). The number of rotatable bonds is 8. The third kappa shape index (κ3) is 5.37. The zero-order valence-electron chi connectivity index (χ0n) is 16.5. The standard InChI is InChI=1S/C26H24P2S2/c29-30-26(28(24-17-9-3-10-18-24)25-19-11-4-12-20-25)21-27(22-13-5-1-6-14-22)23-15-7-2-8-16-23/h1-20,26,29H,21H2/p-1. The molecule has 0 aliphatic rings. The normalized spacial score (nSPS) is 12.2. The molecule has 4 aromatic rings. The third-order valence-corrected chi connectivity index (χ3v) is 13.0. The maximum atomic E-state index is 5.71. The van der Waals surface area contributed by atoms with Crippen molar-refractivity contribution in [3.05, 3.63) is 121 Å². The van der Waals surface area contributed by atoms with Crippen LogP contribution in [0.5, 0.6) is 0 Å². The molecule has 150 valence electrons. The summed E-state index contributed by atoms with van der Waals surface area (Å²) in [6.07, 6.45) is 1.08. The van der Waals surface area contributed by atoms with Crippen LogP contribution in [-0.2, 0) is 11.7 Å². The lowest BCUT2D eigenvalue weighted by molar-refractivity contribution is 1.42. The van der Waals surface area contributed by atoms with Crippen molar-refractivity contribution in [2.45, 2.75) is 4.99 Å². The largest absolute Gasteiger partial charge is 0.718 e. The summed E-state index contributed by atoms with van der Waals surface area (Å²) in [4.78, 5) is 0.367. The summed E-state index contributed by atoms with van der Waals surface area (Å²) in [6, 6.07) is 43.8. The van der Waals surface area contributed by atoms with Crippen LogP contribution in [0.2, 0.25) is 0 Å². The fourth-order valence-electron chi connectivity index (χ4n) is 3.55. The molecular formula is C26H23P2S2-. The molecule has 0 spiro atoms. The first kappa shape index (κ1) is 21.7. The number of hydrogen-bond acceptors (Lipinski definition) is 2. The molecule has 0 aromatic heterocycles. The molecule has 0 amide bonds. The summed E-state index contributed by atoms with van der Waals surface area (Å²) in [5.41, 5.74) is 0. The smallest absolute Gasteiger partial charge is 0.0140 e. The fraction of sp³-hybridized carbons (Fsp3) is 0.0769. The van der Waals surface area contributed by atoms with E-state index < -0.39 is 15.8 Å². The Balaban J connectivity index is 1.74. The predicted molar refractivity (Wildman–Crippen MR) is 142 cm³/mol. The van der Waals surface area contributed by atoms with Crippen LogP contribution in [0.1, 0.15) is 0 Å². The summed E-state index contributed by atoms with van der Waals surface area (Å²) in [5, 5.41) is 5.64. The Morgan fingerprint density at radius 3 is 1.20 bits per heavy atom. The number of hydrogen-bond donors (Lipinski definition) is 0. The minimum Gasteiger partial charge on any atom is -0.718 e. The molecule has 1 unspecified atom stereocenters. The van der Waals surface area contributed by atoms with Crippen LogP contribution in [0.3, 0.4) is 0 Å². The van der Waals surface area contributed by atoms with Gasteiger partial charge in [0, 0.05) is 4.99 Å². The van der Waals surface area contributed by atoms with Gasteiger partial charge < -0.3 is 22.5 Å². The topological polar surface area (TPSA) is 0 Å². The van der Waals surface area contributed by atoms with Crippen LogP contribution in [0.15, 0.2) is 121 Å². The first-order chi connectivity index (χ1) is 14.9. The lowest BCUT2D eigenvalue weighted by Gasteiger charge is -2.34. The average Bonchev–Trinajstić information content (AvgIpc) is 2.84. The van der Waals surface area contributed by atoms with Gasteiger partial charge in [0.25, 0.3) is 0 Å². The molecule has 0 bridgehead atoms. The fourth-order valence-corrected chi connectivity index (χ4v) is 11.8. The van der Waals surface area contributed by atoms with Gasteiger partial charge >= 0.3 is 0 Å². The molecule has 0 aliphatic carbocycles. The average molecular weight is 462 g/mol. The minimum atomic E-state index is -0.553. The Labute approximate surface area is 191 Å². The van der Waals surface area contributed by atoms with Crippen molar-refractivity contribution in [3.63, 3.8) is 0 Å². The first-order valence-corrected chi connectivity index (χ1v) is 14.7. The van der Waals surface area contributed by atoms with Crippen LogP contribution in [0, 0.1) is 0 Å².